The molecule has 0 saturated carbocycles. The van der Waals surface area contributed by atoms with E-state index < -0.39 is 0 Å². The van der Waals surface area contributed by atoms with Gasteiger partial charge in [0.25, 0.3) is 0 Å². The second-order valence-corrected chi connectivity index (χ2v) is 6.12. The Kier molecular flexibility index (Phi) is 5.33. The number of piperidine rings is 1. The summed E-state index contributed by atoms with van der Waals surface area (Å²) in [5, 5.41) is 6.60. The molecule has 0 radical (unpaired) electrons. The fourth-order valence-electron chi connectivity index (χ4n) is 2.82. The fraction of sp³-hybridized carbons (Fsp3) is 0.389. The van der Waals surface area contributed by atoms with Crippen molar-refractivity contribution in [2.45, 2.75) is 26.4 Å². The summed E-state index contributed by atoms with van der Waals surface area (Å²) in [5.74, 6) is -0.120. The number of nitrogens with zero attached hydrogens (tertiary/aromatic N) is 2. The predicted octanol–water partition coefficient (Wildman–Crippen LogP) is 2.97. The molecule has 1 aromatic heterocycles. The summed E-state index contributed by atoms with van der Waals surface area (Å²) in [6.07, 6.45) is 1.48. The van der Waals surface area contributed by atoms with Gasteiger partial charge in [0.15, 0.2) is 12.4 Å². The monoisotopic (exact) mass is 343 g/mol. The lowest BCUT2D eigenvalue weighted by atomic mass is 9.98. The zero-order chi connectivity index (χ0) is 17.6. The largest absolute Gasteiger partial charge is 0.457 e. The average molecular weight is 343 g/mol. The van der Waals surface area contributed by atoms with Crippen LogP contribution in [-0.2, 0) is 16.1 Å². The van der Waals surface area contributed by atoms with Crippen LogP contribution in [0, 0.1) is 12.8 Å². The van der Waals surface area contributed by atoms with Crippen LogP contribution in [0.25, 0.3) is 0 Å². The molecule has 2 amide bonds. The van der Waals surface area contributed by atoms with Gasteiger partial charge < -0.3 is 19.5 Å². The molecule has 3 rings (SSSR count). The molecule has 1 aliphatic rings. The number of benzene rings is 1. The summed E-state index contributed by atoms with van der Waals surface area (Å²) in [7, 11) is 0. The van der Waals surface area contributed by atoms with Gasteiger partial charge in [0, 0.05) is 24.8 Å². The van der Waals surface area contributed by atoms with Gasteiger partial charge in [-0.15, -0.1) is 0 Å². The number of rotatable bonds is 4. The number of esters is 1. The number of nitrogens with one attached hydrogen (secondary N) is 1. The van der Waals surface area contributed by atoms with Crippen molar-refractivity contribution in [3.63, 3.8) is 0 Å². The van der Waals surface area contributed by atoms with Crippen molar-refractivity contribution < 1.29 is 18.8 Å². The minimum absolute atomic E-state index is 0.0619. The van der Waals surface area contributed by atoms with Gasteiger partial charge in [-0.25, -0.2) is 4.79 Å². The van der Waals surface area contributed by atoms with Crippen molar-refractivity contribution in [3.05, 3.63) is 47.9 Å². The average Bonchev–Trinajstić information content (AvgIpc) is 3.06. The highest BCUT2D eigenvalue weighted by molar-refractivity contribution is 5.89. The molecule has 1 saturated heterocycles. The lowest BCUT2D eigenvalue weighted by Gasteiger charge is -2.31. The van der Waals surface area contributed by atoms with Crippen molar-refractivity contribution in [1.29, 1.82) is 0 Å². The number of carbonyl (C=O) groups is 2. The van der Waals surface area contributed by atoms with Gasteiger partial charge >= 0.3 is 12.0 Å². The van der Waals surface area contributed by atoms with Crippen LogP contribution in [0.5, 0.6) is 0 Å². The third-order valence-electron chi connectivity index (χ3n) is 4.10. The Morgan fingerprint density at radius 2 is 2.16 bits per heavy atom. The maximum absolute atomic E-state index is 12.4. The third-order valence-corrected chi connectivity index (χ3v) is 4.10. The van der Waals surface area contributed by atoms with E-state index in [2.05, 4.69) is 10.5 Å². The van der Waals surface area contributed by atoms with Crippen LogP contribution >= 0.6 is 0 Å². The van der Waals surface area contributed by atoms with Gasteiger partial charge in [-0.1, -0.05) is 23.4 Å². The van der Waals surface area contributed by atoms with Crippen LogP contribution < -0.4 is 5.32 Å². The molecule has 7 nitrogen and oxygen atoms in total. The van der Waals surface area contributed by atoms with Crippen LogP contribution in [0.2, 0.25) is 0 Å². The van der Waals surface area contributed by atoms with E-state index in [0.717, 1.165) is 17.8 Å². The highest BCUT2D eigenvalue weighted by Gasteiger charge is 2.29. The summed E-state index contributed by atoms with van der Waals surface area (Å²) in [6, 6.07) is 10.8. The smallest absolute Gasteiger partial charge is 0.321 e. The quantitative estimate of drug-likeness (QED) is 0.863. The number of aryl methyl sites for hydroxylation is 1. The molecular weight excluding hydrogens is 322 g/mol. The number of urea groups is 1. The van der Waals surface area contributed by atoms with E-state index in [1.807, 2.05) is 30.3 Å². The topological polar surface area (TPSA) is 84.7 Å². The van der Waals surface area contributed by atoms with Crippen LogP contribution in [0.3, 0.4) is 0 Å². The summed E-state index contributed by atoms with van der Waals surface area (Å²) in [6.45, 7) is 2.85. The molecule has 0 aliphatic carbocycles. The normalized spacial score (nSPS) is 17.2. The standard InChI is InChI=1S/C18H21N3O4/c1-13-10-16(25-20-13)12-24-17(22)14-6-5-9-21(11-14)18(23)19-15-7-3-2-4-8-15/h2-4,7-8,10,14H,5-6,9,11-12H2,1H3,(H,19,23). The number of aromatic nitrogens is 1. The van der Waals surface area contributed by atoms with Gasteiger partial charge in [0.2, 0.25) is 0 Å². The molecule has 1 N–H and O–H groups in total. The highest BCUT2D eigenvalue weighted by atomic mass is 16.5. The fourth-order valence-corrected chi connectivity index (χ4v) is 2.82. The first-order valence-electron chi connectivity index (χ1n) is 8.31. The van der Waals surface area contributed by atoms with E-state index in [0.29, 0.717) is 25.3 Å². The summed E-state index contributed by atoms with van der Waals surface area (Å²) >= 11 is 0. The van der Waals surface area contributed by atoms with Crippen molar-refractivity contribution in [2.75, 3.05) is 18.4 Å². The molecule has 2 heterocycles. The summed E-state index contributed by atoms with van der Waals surface area (Å²) in [4.78, 5) is 26.3. The molecule has 0 bridgehead atoms. The number of likely N-dealkylation sites (tertiary alicyclic amines) is 1. The SMILES string of the molecule is Cc1cc(COC(=O)C2CCCN(C(=O)Nc3ccccc3)C2)on1. The van der Waals surface area contributed by atoms with Crippen LogP contribution in [0.4, 0.5) is 10.5 Å². The Balaban J connectivity index is 1.51. The van der Waals surface area contributed by atoms with E-state index in [9.17, 15) is 9.59 Å². The van der Waals surface area contributed by atoms with Gasteiger partial charge in [0.05, 0.1) is 11.6 Å². The molecule has 7 heteroatoms. The molecule has 1 unspecified atom stereocenters. The third kappa shape index (κ3) is 4.59. The van der Waals surface area contributed by atoms with Crippen molar-refractivity contribution in [3.8, 4) is 0 Å². The first-order chi connectivity index (χ1) is 12.1. The highest BCUT2D eigenvalue weighted by Crippen LogP contribution is 2.20. The summed E-state index contributed by atoms with van der Waals surface area (Å²) in [5.41, 5.74) is 1.48. The number of hydrogen-bond acceptors (Lipinski definition) is 5. The predicted molar refractivity (Wildman–Crippen MR) is 90.8 cm³/mol. The molecule has 2 aromatic rings. The van der Waals surface area contributed by atoms with Crippen LogP contribution in [0.15, 0.2) is 40.9 Å². The molecule has 1 aliphatic heterocycles. The first kappa shape index (κ1) is 17.0. The molecule has 1 fully saturated rings. The van der Waals surface area contributed by atoms with Crippen LogP contribution in [-0.4, -0.2) is 35.1 Å². The maximum atomic E-state index is 12.4. The number of hydrogen-bond donors (Lipinski definition) is 1. The molecule has 132 valence electrons. The van der Waals surface area contributed by atoms with E-state index in [1.54, 1.807) is 17.9 Å². The number of amides is 2. The van der Waals surface area contributed by atoms with Crippen LogP contribution in [0.1, 0.15) is 24.3 Å². The molecule has 25 heavy (non-hydrogen) atoms. The van der Waals surface area contributed by atoms with E-state index >= 15 is 0 Å². The Labute approximate surface area is 145 Å². The zero-order valence-corrected chi connectivity index (χ0v) is 14.1. The lowest BCUT2D eigenvalue weighted by molar-refractivity contribution is -0.152. The van der Waals surface area contributed by atoms with Crippen molar-refractivity contribution >= 4 is 17.7 Å². The lowest BCUT2D eigenvalue weighted by Crippen LogP contribution is -2.44. The number of para-hydroxylation sites is 1. The Hall–Kier alpha value is -2.83. The number of ether oxygens (including phenoxy) is 1. The number of anilines is 1. The second-order valence-electron chi connectivity index (χ2n) is 6.12. The zero-order valence-electron chi connectivity index (χ0n) is 14.1. The minimum Gasteiger partial charge on any atom is -0.457 e. The van der Waals surface area contributed by atoms with Crippen molar-refractivity contribution in [1.82, 2.24) is 10.1 Å². The second kappa shape index (κ2) is 7.83. The van der Waals surface area contributed by atoms with E-state index in [1.165, 1.54) is 0 Å². The molecule has 1 aromatic carbocycles. The van der Waals surface area contributed by atoms with Gasteiger partial charge in [-0.3, -0.25) is 4.79 Å². The first-order valence-corrected chi connectivity index (χ1v) is 8.31. The van der Waals surface area contributed by atoms with Gasteiger partial charge in [-0.05, 0) is 31.9 Å². The Morgan fingerprint density at radius 1 is 1.36 bits per heavy atom. The number of carbonyl (C=O) groups excluding carboxylic acids is 2. The van der Waals surface area contributed by atoms with Gasteiger partial charge in [0.1, 0.15) is 0 Å². The van der Waals surface area contributed by atoms with E-state index in [-0.39, 0.29) is 24.5 Å². The molecular formula is C18H21N3O4. The molecule has 0 spiro atoms. The maximum Gasteiger partial charge on any atom is 0.321 e. The van der Waals surface area contributed by atoms with E-state index in [4.69, 9.17) is 9.26 Å². The Bertz CT molecular complexity index is 729. The summed E-state index contributed by atoms with van der Waals surface area (Å²) < 4.78 is 10.3. The van der Waals surface area contributed by atoms with Crippen molar-refractivity contribution in [2.24, 2.45) is 5.92 Å². The Morgan fingerprint density at radius 3 is 2.88 bits per heavy atom. The molecule has 1 atom stereocenters. The van der Waals surface area contributed by atoms with Gasteiger partial charge in [-0.2, -0.15) is 0 Å². The minimum atomic E-state index is -0.320.